The number of piperazine rings is 1. The zero-order valence-corrected chi connectivity index (χ0v) is 20.0. The van der Waals surface area contributed by atoms with E-state index in [2.05, 4.69) is 58.5 Å². The van der Waals surface area contributed by atoms with Gasteiger partial charge in [-0.2, -0.15) is 10.2 Å². The van der Waals surface area contributed by atoms with E-state index in [1.54, 1.807) is 0 Å². The number of carbonyl (C=O) groups is 1. The van der Waals surface area contributed by atoms with Crippen molar-refractivity contribution in [3.05, 3.63) is 71.0 Å². The highest BCUT2D eigenvalue weighted by molar-refractivity contribution is 5.93. The fourth-order valence-corrected chi connectivity index (χ4v) is 4.49. The molecule has 1 N–H and O–H groups in total. The number of rotatable bonds is 3. The quantitative estimate of drug-likeness (QED) is 0.495. The molecule has 1 fully saturated rings. The Labute approximate surface area is 199 Å². The lowest BCUT2D eigenvalue weighted by molar-refractivity contribution is 0.208. The number of hydrogen-bond donors (Lipinski definition) is 1. The van der Waals surface area contributed by atoms with Crippen LogP contribution in [0.5, 0.6) is 0 Å². The van der Waals surface area contributed by atoms with E-state index < -0.39 is 0 Å². The number of urea groups is 1. The molecule has 4 aromatic rings. The van der Waals surface area contributed by atoms with Crippen LogP contribution in [0.4, 0.5) is 16.3 Å². The molecule has 8 heteroatoms. The van der Waals surface area contributed by atoms with Gasteiger partial charge in [0.1, 0.15) is 5.52 Å². The minimum atomic E-state index is -0.0754. The SMILES string of the molecule is Cc1ccc(-n2nc3c(N4CCN(C(=O)Nc5ccccc5C)CC4)nnc(C)c3c2C)cc1. The molecule has 1 saturated heterocycles. The van der Waals surface area contributed by atoms with Crippen LogP contribution in [0.3, 0.4) is 0 Å². The van der Waals surface area contributed by atoms with Gasteiger partial charge < -0.3 is 15.1 Å². The highest BCUT2D eigenvalue weighted by atomic mass is 16.2. The number of hydrogen-bond acceptors (Lipinski definition) is 5. The first-order valence-corrected chi connectivity index (χ1v) is 11.6. The summed E-state index contributed by atoms with van der Waals surface area (Å²) in [5, 5.41) is 18.0. The van der Waals surface area contributed by atoms with Gasteiger partial charge in [0.25, 0.3) is 0 Å². The summed E-state index contributed by atoms with van der Waals surface area (Å²) in [6.45, 7) is 10.7. The number of nitrogens with zero attached hydrogens (tertiary/aromatic N) is 6. The van der Waals surface area contributed by atoms with Crippen LogP contribution in [0.1, 0.15) is 22.5 Å². The molecule has 34 heavy (non-hydrogen) atoms. The lowest BCUT2D eigenvalue weighted by atomic mass is 10.2. The molecule has 0 aliphatic carbocycles. The van der Waals surface area contributed by atoms with E-state index in [0.717, 1.165) is 45.0 Å². The highest BCUT2D eigenvalue weighted by Crippen LogP contribution is 2.30. The summed E-state index contributed by atoms with van der Waals surface area (Å²) in [7, 11) is 0. The molecule has 8 nitrogen and oxygen atoms in total. The van der Waals surface area contributed by atoms with Crippen molar-refractivity contribution < 1.29 is 4.79 Å². The van der Waals surface area contributed by atoms with Crippen molar-refractivity contribution in [3.63, 3.8) is 0 Å². The summed E-state index contributed by atoms with van der Waals surface area (Å²) in [5.41, 5.74) is 6.88. The summed E-state index contributed by atoms with van der Waals surface area (Å²) >= 11 is 0. The molecule has 0 atom stereocenters. The van der Waals surface area contributed by atoms with Gasteiger partial charge in [-0.05, 0) is 51.5 Å². The molecule has 1 aliphatic heterocycles. The van der Waals surface area contributed by atoms with Crippen LogP contribution in [-0.4, -0.2) is 57.1 Å². The maximum Gasteiger partial charge on any atom is 0.321 e. The Balaban J connectivity index is 1.37. The van der Waals surface area contributed by atoms with E-state index in [4.69, 9.17) is 5.10 Å². The van der Waals surface area contributed by atoms with Crippen molar-refractivity contribution >= 4 is 28.4 Å². The minimum Gasteiger partial charge on any atom is -0.350 e. The number of fused-ring (bicyclic) bond motifs is 1. The molecule has 0 bridgehead atoms. The third kappa shape index (κ3) is 3.96. The number of amides is 2. The van der Waals surface area contributed by atoms with E-state index in [-0.39, 0.29) is 6.03 Å². The second-order valence-corrected chi connectivity index (χ2v) is 8.88. The Bertz CT molecular complexity index is 1350. The minimum absolute atomic E-state index is 0.0754. The van der Waals surface area contributed by atoms with Gasteiger partial charge in [-0.15, -0.1) is 5.10 Å². The Kier molecular flexibility index (Phi) is 5.65. The Morgan fingerprint density at radius 2 is 1.59 bits per heavy atom. The summed E-state index contributed by atoms with van der Waals surface area (Å²) in [4.78, 5) is 16.8. The molecule has 5 rings (SSSR count). The van der Waals surface area contributed by atoms with Crippen LogP contribution in [0.15, 0.2) is 48.5 Å². The van der Waals surface area contributed by atoms with Gasteiger partial charge in [-0.1, -0.05) is 35.9 Å². The largest absolute Gasteiger partial charge is 0.350 e. The number of carbonyl (C=O) groups excluding carboxylic acids is 1. The average Bonchev–Trinajstić information content (AvgIpc) is 3.19. The molecule has 0 saturated carbocycles. The Hall–Kier alpha value is -3.94. The molecule has 2 amide bonds. The maximum absolute atomic E-state index is 12.8. The van der Waals surface area contributed by atoms with Crippen LogP contribution in [-0.2, 0) is 0 Å². The summed E-state index contributed by atoms with van der Waals surface area (Å²) in [6.07, 6.45) is 0. The predicted molar refractivity (Wildman–Crippen MR) is 135 cm³/mol. The first-order valence-electron chi connectivity index (χ1n) is 11.6. The van der Waals surface area contributed by atoms with Crippen molar-refractivity contribution in [1.82, 2.24) is 24.9 Å². The van der Waals surface area contributed by atoms with Gasteiger partial charge >= 0.3 is 6.03 Å². The smallest absolute Gasteiger partial charge is 0.321 e. The molecule has 2 aromatic carbocycles. The molecular weight excluding hydrogens is 426 g/mol. The topological polar surface area (TPSA) is 79.2 Å². The van der Waals surface area contributed by atoms with E-state index in [1.807, 2.05) is 47.7 Å². The number of anilines is 2. The van der Waals surface area contributed by atoms with Crippen molar-refractivity contribution in [3.8, 4) is 5.69 Å². The normalized spacial score (nSPS) is 14.0. The van der Waals surface area contributed by atoms with Crippen LogP contribution in [0.2, 0.25) is 0 Å². The van der Waals surface area contributed by atoms with Gasteiger partial charge in [-0.25, -0.2) is 9.48 Å². The third-order valence-electron chi connectivity index (χ3n) is 6.52. The van der Waals surface area contributed by atoms with E-state index in [9.17, 15) is 4.79 Å². The summed E-state index contributed by atoms with van der Waals surface area (Å²) in [6, 6.07) is 16.1. The fourth-order valence-electron chi connectivity index (χ4n) is 4.49. The average molecular weight is 456 g/mol. The number of para-hydroxylation sites is 1. The molecular formula is C26H29N7O. The Morgan fingerprint density at radius 3 is 2.29 bits per heavy atom. The van der Waals surface area contributed by atoms with Gasteiger partial charge in [0.2, 0.25) is 0 Å². The predicted octanol–water partition coefficient (Wildman–Crippen LogP) is 4.40. The highest BCUT2D eigenvalue weighted by Gasteiger charge is 2.26. The monoisotopic (exact) mass is 455 g/mol. The number of aryl methyl sites for hydroxylation is 4. The van der Waals surface area contributed by atoms with E-state index in [1.165, 1.54) is 5.56 Å². The van der Waals surface area contributed by atoms with Crippen molar-refractivity contribution in [2.45, 2.75) is 27.7 Å². The van der Waals surface area contributed by atoms with Gasteiger partial charge in [-0.3, -0.25) is 0 Å². The number of nitrogens with one attached hydrogen (secondary N) is 1. The van der Waals surface area contributed by atoms with Crippen LogP contribution in [0, 0.1) is 27.7 Å². The molecule has 2 aromatic heterocycles. The number of aromatic nitrogens is 4. The zero-order chi connectivity index (χ0) is 23.8. The van der Waals surface area contributed by atoms with Gasteiger partial charge in [0, 0.05) is 31.9 Å². The van der Waals surface area contributed by atoms with Crippen molar-refractivity contribution in [1.29, 1.82) is 0 Å². The second kappa shape index (κ2) is 8.78. The molecule has 0 radical (unpaired) electrons. The lowest BCUT2D eigenvalue weighted by Crippen LogP contribution is -2.50. The van der Waals surface area contributed by atoms with E-state index in [0.29, 0.717) is 26.2 Å². The van der Waals surface area contributed by atoms with Crippen LogP contribution in [0.25, 0.3) is 16.6 Å². The lowest BCUT2D eigenvalue weighted by Gasteiger charge is -2.35. The van der Waals surface area contributed by atoms with Crippen LogP contribution >= 0.6 is 0 Å². The molecule has 3 heterocycles. The third-order valence-corrected chi connectivity index (χ3v) is 6.52. The van der Waals surface area contributed by atoms with Gasteiger partial charge in [0.15, 0.2) is 5.82 Å². The van der Waals surface area contributed by atoms with Crippen molar-refractivity contribution in [2.75, 3.05) is 36.4 Å². The molecule has 1 aliphatic rings. The molecule has 174 valence electrons. The second-order valence-electron chi connectivity index (χ2n) is 8.88. The molecule has 0 unspecified atom stereocenters. The van der Waals surface area contributed by atoms with Crippen LogP contribution < -0.4 is 10.2 Å². The summed E-state index contributed by atoms with van der Waals surface area (Å²) < 4.78 is 1.97. The first kappa shape index (κ1) is 21.9. The van der Waals surface area contributed by atoms with Crippen molar-refractivity contribution in [2.24, 2.45) is 0 Å². The zero-order valence-electron chi connectivity index (χ0n) is 20.0. The summed E-state index contributed by atoms with van der Waals surface area (Å²) in [5.74, 6) is 0.772. The fraction of sp³-hybridized carbons (Fsp3) is 0.308. The maximum atomic E-state index is 12.8. The van der Waals surface area contributed by atoms with Gasteiger partial charge in [0.05, 0.1) is 22.5 Å². The first-order chi connectivity index (χ1) is 16.4. The standard InChI is InChI=1S/C26H29N7O/c1-17-9-11-21(12-10-17)33-20(4)23-19(3)28-29-25(24(23)30-33)31-13-15-32(16-14-31)26(34)27-22-8-6-5-7-18(22)2/h5-12H,13-16H2,1-4H3,(H,27,34). The number of benzene rings is 2. The molecule has 0 spiro atoms. The van der Waals surface area contributed by atoms with E-state index >= 15 is 0 Å². The Morgan fingerprint density at radius 1 is 0.882 bits per heavy atom.